The molecule has 1 aliphatic carbocycles. The van der Waals surface area contributed by atoms with Crippen molar-refractivity contribution in [1.82, 2.24) is 24.8 Å². The van der Waals surface area contributed by atoms with E-state index < -0.39 is 29.8 Å². The summed E-state index contributed by atoms with van der Waals surface area (Å²) >= 11 is 6.63. The number of nitrogens with zero attached hydrogens (tertiary/aromatic N) is 5. The Morgan fingerprint density at radius 1 is 1.27 bits per heavy atom. The van der Waals surface area contributed by atoms with Gasteiger partial charge in [-0.25, -0.2) is 13.5 Å². The normalized spacial score (nSPS) is 26.1. The van der Waals surface area contributed by atoms with E-state index in [1.807, 2.05) is 6.92 Å². The minimum absolute atomic E-state index is 0.0155. The van der Waals surface area contributed by atoms with Crippen molar-refractivity contribution in [2.45, 2.75) is 65.0 Å². The van der Waals surface area contributed by atoms with Gasteiger partial charge in [0.15, 0.2) is 0 Å². The maximum Gasteiger partial charge on any atom is 0.310 e. The smallest absolute Gasteiger partial charge is 0.310 e. The number of carbonyl (C=O) groups excluding carboxylic acids is 2. The number of rotatable bonds is 8. The number of carboxylic acid groups (broad SMARTS) is 1. The standard InChI is InChI=1S/C28H34ClF2N5O5/c1-15-8-11-35(25(15)37)13-20-22-16(9-12-36(20)26(38)17-5-4-10-28(17,2)27(39)40)18(29)6-7-21(22)41-14-19-23(24(30)31)34(3)33-32-19/h6-7,15,17,20,24H,4-5,8-14H2,1-3H3,(H,39,40)/t15?,17-,20+,28-/m0/s1. The number of halogens is 3. The van der Waals surface area contributed by atoms with Gasteiger partial charge in [-0.05, 0) is 50.3 Å². The molecule has 1 saturated carbocycles. The number of carbonyl (C=O) groups is 3. The van der Waals surface area contributed by atoms with E-state index in [0.717, 1.165) is 10.2 Å². The first kappa shape index (κ1) is 29.2. The lowest BCUT2D eigenvalue weighted by Crippen LogP contribution is -2.50. The van der Waals surface area contributed by atoms with Crippen LogP contribution in [0.2, 0.25) is 5.02 Å². The average molecular weight is 594 g/mol. The van der Waals surface area contributed by atoms with Crippen molar-refractivity contribution >= 4 is 29.4 Å². The molecule has 2 aromatic rings. The summed E-state index contributed by atoms with van der Waals surface area (Å²) in [5.74, 6) is -1.82. The second-order valence-electron chi connectivity index (χ2n) is 11.5. The number of amides is 2. The molecule has 1 N–H and O–H groups in total. The van der Waals surface area contributed by atoms with E-state index in [2.05, 4.69) is 10.3 Å². The molecule has 0 spiro atoms. The topological polar surface area (TPSA) is 118 Å². The summed E-state index contributed by atoms with van der Waals surface area (Å²) in [6, 6.07) is 2.63. The second-order valence-corrected chi connectivity index (χ2v) is 11.9. The first-order chi connectivity index (χ1) is 19.4. The van der Waals surface area contributed by atoms with Crippen molar-refractivity contribution in [3.63, 3.8) is 0 Å². The molecule has 1 aromatic heterocycles. The highest BCUT2D eigenvalue weighted by Gasteiger charge is 2.51. The lowest BCUT2D eigenvalue weighted by molar-refractivity contribution is -0.158. The molecule has 4 atom stereocenters. The van der Waals surface area contributed by atoms with Gasteiger partial charge < -0.3 is 19.6 Å². The van der Waals surface area contributed by atoms with Crippen molar-refractivity contribution < 1.29 is 33.0 Å². The summed E-state index contributed by atoms with van der Waals surface area (Å²) < 4.78 is 34.4. The fraction of sp³-hybridized carbons (Fsp3) is 0.607. The van der Waals surface area contributed by atoms with Crippen LogP contribution in [-0.4, -0.2) is 67.3 Å². The van der Waals surface area contributed by atoms with Crippen LogP contribution >= 0.6 is 11.6 Å². The van der Waals surface area contributed by atoms with Crippen molar-refractivity contribution in [2.24, 2.45) is 24.3 Å². The highest BCUT2D eigenvalue weighted by molar-refractivity contribution is 6.31. The molecule has 0 bridgehead atoms. The minimum Gasteiger partial charge on any atom is -0.487 e. The molecule has 1 aromatic carbocycles. The molecule has 2 fully saturated rings. The van der Waals surface area contributed by atoms with E-state index >= 15 is 0 Å². The van der Waals surface area contributed by atoms with E-state index in [0.29, 0.717) is 61.5 Å². The maximum atomic E-state index is 14.1. The van der Waals surface area contributed by atoms with Crippen LogP contribution < -0.4 is 4.74 Å². The van der Waals surface area contributed by atoms with Gasteiger partial charge in [-0.15, -0.1) is 5.10 Å². The third kappa shape index (κ3) is 5.15. The lowest BCUT2D eigenvalue weighted by atomic mass is 9.78. The van der Waals surface area contributed by atoms with Crippen LogP contribution in [0.4, 0.5) is 8.78 Å². The molecule has 10 nitrogen and oxygen atoms in total. The van der Waals surface area contributed by atoms with Gasteiger partial charge in [0.25, 0.3) is 6.43 Å². The third-order valence-electron chi connectivity index (χ3n) is 9.07. The van der Waals surface area contributed by atoms with Crippen LogP contribution in [0.1, 0.15) is 74.5 Å². The van der Waals surface area contributed by atoms with Gasteiger partial charge in [0.1, 0.15) is 23.7 Å². The number of likely N-dealkylation sites (tertiary alicyclic amines) is 1. The number of benzene rings is 1. The summed E-state index contributed by atoms with van der Waals surface area (Å²) in [6.07, 6.45) is -0.233. The summed E-state index contributed by atoms with van der Waals surface area (Å²) in [5, 5.41) is 18.0. The molecule has 3 heterocycles. The fourth-order valence-electron chi connectivity index (χ4n) is 6.59. The zero-order valence-corrected chi connectivity index (χ0v) is 24.0. The zero-order valence-electron chi connectivity index (χ0n) is 23.3. The molecule has 1 unspecified atom stereocenters. The van der Waals surface area contributed by atoms with Crippen LogP contribution in [0.25, 0.3) is 0 Å². The average Bonchev–Trinajstić information content (AvgIpc) is 3.61. The lowest BCUT2D eigenvalue weighted by Gasteiger charge is -2.42. The first-order valence-electron chi connectivity index (χ1n) is 13.9. The van der Waals surface area contributed by atoms with Crippen LogP contribution in [0.5, 0.6) is 5.75 Å². The fourth-order valence-corrected chi connectivity index (χ4v) is 6.85. The molecule has 0 radical (unpaired) electrons. The summed E-state index contributed by atoms with van der Waals surface area (Å²) in [5.41, 5.74) is -0.212. The number of fused-ring (bicyclic) bond motifs is 1. The number of hydrogen-bond donors (Lipinski definition) is 1. The van der Waals surface area contributed by atoms with Crippen LogP contribution in [-0.2, 0) is 34.5 Å². The van der Waals surface area contributed by atoms with Gasteiger partial charge in [0.05, 0.1) is 17.4 Å². The highest BCUT2D eigenvalue weighted by atomic mass is 35.5. The van der Waals surface area contributed by atoms with Crippen molar-refractivity contribution in [1.29, 1.82) is 0 Å². The third-order valence-corrected chi connectivity index (χ3v) is 9.43. The zero-order chi connectivity index (χ0) is 29.6. The Morgan fingerprint density at radius 2 is 2.02 bits per heavy atom. The Balaban J connectivity index is 1.54. The number of aliphatic carboxylic acids is 1. The molecular weight excluding hydrogens is 560 g/mol. The molecule has 13 heteroatoms. The molecule has 3 aliphatic rings. The Kier molecular flexibility index (Phi) is 7.97. The molecule has 1 saturated heterocycles. The van der Waals surface area contributed by atoms with Gasteiger partial charge in [-0.2, -0.15) is 0 Å². The van der Waals surface area contributed by atoms with E-state index in [1.54, 1.807) is 28.9 Å². The molecular formula is C28H34ClF2N5O5. The monoisotopic (exact) mass is 593 g/mol. The predicted molar refractivity (Wildman–Crippen MR) is 143 cm³/mol. The van der Waals surface area contributed by atoms with E-state index in [1.165, 1.54) is 7.05 Å². The Labute approximate surface area is 241 Å². The molecule has 41 heavy (non-hydrogen) atoms. The molecule has 5 rings (SSSR count). The molecule has 222 valence electrons. The summed E-state index contributed by atoms with van der Waals surface area (Å²) in [4.78, 5) is 42.7. The largest absolute Gasteiger partial charge is 0.487 e. The van der Waals surface area contributed by atoms with Gasteiger partial charge in [0, 0.05) is 43.2 Å². The van der Waals surface area contributed by atoms with Gasteiger partial charge in [-0.1, -0.05) is 30.2 Å². The Bertz CT molecular complexity index is 1370. The second kappa shape index (κ2) is 11.2. The van der Waals surface area contributed by atoms with Crippen molar-refractivity contribution in [2.75, 3.05) is 19.6 Å². The van der Waals surface area contributed by atoms with Crippen LogP contribution in [0, 0.1) is 17.3 Å². The van der Waals surface area contributed by atoms with Crippen molar-refractivity contribution in [3.05, 3.63) is 39.7 Å². The van der Waals surface area contributed by atoms with E-state index in [9.17, 15) is 28.3 Å². The number of hydrogen-bond acceptors (Lipinski definition) is 6. The number of carboxylic acids is 1. The van der Waals surface area contributed by atoms with E-state index in [4.69, 9.17) is 16.3 Å². The molecule has 2 amide bonds. The van der Waals surface area contributed by atoms with Gasteiger partial charge in [-0.3, -0.25) is 14.4 Å². The van der Waals surface area contributed by atoms with Gasteiger partial charge in [0.2, 0.25) is 11.8 Å². The summed E-state index contributed by atoms with van der Waals surface area (Å²) in [7, 11) is 1.38. The van der Waals surface area contributed by atoms with Gasteiger partial charge >= 0.3 is 5.97 Å². The minimum atomic E-state index is -2.80. The van der Waals surface area contributed by atoms with Crippen LogP contribution in [0.3, 0.4) is 0 Å². The SMILES string of the molecule is CC1CCN(C[C@@H]2c3c(OCc4nnn(C)c4C(F)F)ccc(Cl)c3CCN2C(=O)[C@@H]2CCC[C@]2(C)C(=O)O)C1=O. The predicted octanol–water partition coefficient (Wildman–Crippen LogP) is 4.17. The maximum absolute atomic E-state index is 14.1. The molecule has 2 aliphatic heterocycles. The highest BCUT2D eigenvalue weighted by Crippen LogP contribution is 2.47. The Morgan fingerprint density at radius 3 is 2.68 bits per heavy atom. The first-order valence-corrected chi connectivity index (χ1v) is 14.2. The van der Waals surface area contributed by atoms with Crippen LogP contribution in [0.15, 0.2) is 12.1 Å². The summed E-state index contributed by atoms with van der Waals surface area (Å²) in [6.45, 7) is 4.20. The number of aryl methyl sites for hydroxylation is 1. The number of alkyl halides is 2. The Hall–Kier alpha value is -3.28. The number of aromatic nitrogens is 3. The van der Waals surface area contributed by atoms with E-state index in [-0.39, 0.29) is 42.3 Å². The number of ether oxygens (including phenoxy) is 1. The quantitative estimate of drug-likeness (QED) is 0.488. The van der Waals surface area contributed by atoms with Crippen molar-refractivity contribution in [3.8, 4) is 5.75 Å².